The summed E-state index contributed by atoms with van der Waals surface area (Å²) in [6.45, 7) is 2.68. The summed E-state index contributed by atoms with van der Waals surface area (Å²) in [4.78, 5) is 13.9. The molecule has 2 aromatic rings. The summed E-state index contributed by atoms with van der Waals surface area (Å²) < 4.78 is 2.97. The van der Waals surface area contributed by atoms with Crippen molar-refractivity contribution in [3.8, 4) is 0 Å². The van der Waals surface area contributed by atoms with Crippen LogP contribution in [-0.2, 0) is 7.05 Å². The van der Waals surface area contributed by atoms with Gasteiger partial charge in [-0.3, -0.25) is 4.79 Å². The van der Waals surface area contributed by atoms with Gasteiger partial charge in [-0.05, 0) is 25.1 Å². The molecule has 2 rings (SSSR count). The second-order valence-corrected chi connectivity index (χ2v) is 5.05. The Kier molecular flexibility index (Phi) is 3.24. The molecule has 0 spiro atoms. The van der Waals surface area contributed by atoms with E-state index in [-0.39, 0.29) is 5.91 Å². The molecule has 0 radical (unpaired) electrons. The van der Waals surface area contributed by atoms with Crippen LogP contribution in [0.4, 0.5) is 0 Å². The third-order valence-corrected chi connectivity index (χ3v) is 3.50. The number of aromatic nitrogens is 1. The summed E-state index contributed by atoms with van der Waals surface area (Å²) in [7, 11) is 3.78. The first kappa shape index (κ1) is 12.2. The second-order valence-electron chi connectivity index (χ2n) is 4.13. The number of benzene rings is 1. The summed E-state index contributed by atoms with van der Waals surface area (Å²) in [5.41, 5.74) is 1.83. The third-order valence-electron chi connectivity index (χ3n) is 3.00. The predicted molar refractivity (Wildman–Crippen MR) is 73.3 cm³/mol. The lowest BCUT2D eigenvalue weighted by Crippen LogP contribution is -2.25. The average Bonchev–Trinajstić information content (AvgIpc) is 2.64. The van der Waals surface area contributed by atoms with Gasteiger partial charge in [0.1, 0.15) is 0 Å². The van der Waals surface area contributed by atoms with Gasteiger partial charge in [0.25, 0.3) is 5.91 Å². The number of aryl methyl sites for hydroxylation is 1. The van der Waals surface area contributed by atoms with Crippen LogP contribution < -0.4 is 0 Å². The summed E-state index contributed by atoms with van der Waals surface area (Å²) in [6, 6.07) is 5.99. The number of rotatable bonds is 2. The van der Waals surface area contributed by atoms with E-state index in [0.717, 1.165) is 20.9 Å². The van der Waals surface area contributed by atoms with Gasteiger partial charge >= 0.3 is 0 Å². The van der Waals surface area contributed by atoms with Gasteiger partial charge in [-0.2, -0.15) is 0 Å². The van der Waals surface area contributed by atoms with E-state index in [9.17, 15) is 4.79 Å². The van der Waals surface area contributed by atoms with Crippen LogP contribution >= 0.6 is 15.9 Å². The van der Waals surface area contributed by atoms with Gasteiger partial charge in [-0.15, -0.1) is 0 Å². The van der Waals surface area contributed by atoms with Crippen molar-refractivity contribution in [2.45, 2.75) is 6.92 Å². The van der Waals surface area contributed by atoms with Crippen molar-refractivity contribution in [1.82, 2.24) is 9.47 Å². The van der Waals surface area contributed by atoms with E-state index in [0.29, 0.717) is 6.54 Å². The molecule has 17 heavy (non-hydrogen) atoms. The molecule has 0 aliphatic carbocycles. The van der Waals surface area contributed by atoms with E-state index in [1.807, 2.05) is 50.0 Å². The number of nitrogens with zero attached hydrogens (tertiary/aromatic N) is 2. The van der Waals surface area contributed by atoms with Gasteiger partial charge in [-0.25, -0.2) is 0 Å². The largest absolute Gasteiger partial charge is 0.350 e. The number of carbonyl (C=O) groups is 1. The van der Waals surface area contributed by atoms with Crippen molar-refractivity contribution in [2.24, 2.45) is 7.05 Å². The van der Waals surface area contributed by atoms with E-state index in [1.165, 1.54) is 0 Å². The SMILES string of the molecule is CCN(C)C(=O)c1cn(C)c2ccc(Br)cc12. The molecule has 4 heteroatoms. The molecule has 1 aromatic carbocycles. The Morgan fingerprint density at radius 1 is 1.47 bits per heavy atom. The van der Waals surface area contributed by atoms with Gasteiger partial charge in [0, 0.05) is 42.2 Å². The topological polar surface area (TPSA) is 25.2 Å². The molecule has 1 heterocycles. The zero-order chi connectivity index (χ0) is 12.6. The maximum atomic E-state index is 12.2. The highest BCUT2D eigenvalue weighted by Gasteiger charge is 2.16. The lowest BCUT2D eigenvalue weighted by Gasteiger charge is -2.13. The lowest BCUT2D eigenvalue weighted by molar-refractivity contribution is 0.0804. The predicted octanol–water partition coefficient (Wildman–Crippen LogP) is 3.03. The first-order chi connectivity index (χ1) is 8.04. The smallest absolute Gasteiger partial charge is 0.255 e. The number of hydrogen-bond donors (Lipinski definition) is 0. The standard InChI is InChI=1S/C13H15BrN2O/c1-4-15(2)13(17)11-8-16(3)12-6-5-9(14)7-10(11)12/h5-8H,4H2,1-3H3. The molecule has 0 bridgehead atoms. The van der Waals surface area contributed by atoms with Crippen LogP contribution in [0.2, 0.25) is 0 Å². The van der Waals surface area contributed by atoms with Crippen molar-refractivity contribution in [2.75, 3.05) is 13.6 Å². The van der Waals surface area contributed by atoms with Crippen LogP contribution in [0.3, 0.4) is 0 Å². The van der Waals surface area contributed by atoms with Crippen LogP contribution in [0.5, 0.6) is 0 Å². The van der Waals surface area contributed by atoms with Gasteiger partial charge < -0.3 is 9.47 Å². The number of amides is 1. The fraction of sp³-hybridized carbons (Fsp3) is 0.308. The number of fused-ring (bicyclic) bond motifs is 1. The minimum absolute atomic E-state index is 0.0659. The molecular formula is C13H15BrN2O. The molecule has 90 valence electrons. The molecule has 3 nitrogen and oxygen atoms in total. The molecule has 0 N–H and O–H groups in total. The first-order valence-corrected chi connectivity index (χ1v) is 6.34. The van der Waals surface area contributed by atoms with Gasteiger partial charge in [0.15, 0.2) is 0 Å². The average molecular weight is 295 g/mol. The maximum absolute atomic E-state index is 12.2. The number of carbonyl (C=O) groups excluding carboxylic acids is 1. The molecule has 0 aliphatic rings. The molecule has 1 aromatic heterocycles. The van der Waals surface area contributed by atoms with Gasteiger partial charge in [-0.1, -0.05) is 15.9 Å². The van der Waals surface area contributed by atoms with Crippen LogP contribution in [0, 0.1) is 0 Å². The van der Waals surface area contributed by atoms with Crippen LogP contribution in [-0.4, -0.2) is 29.0 Å². The summed E-state index contributed by atoms with van der Waals surface area (Å²) in [5, 5.41) is 0.993. The van der Waals surface area contributed by atoms with E-state index in [4.69, 9.17) is 0 Å². The number of halogens is 1. The third kappa shape index (κ3) is 2.09. The van der Waals surface area contributed by atoms with Crippen molar-refractivity contribution < 1.29 is 4.79 Å². The van der Waals surface area contributed by atoms with E-state index < -0.39 is 0 Å². The monoisotopic (exact) mass is 294 g/mol. The number of hydrogen-bond acceptors (Lipinski definition) is 1. The van der Waals surface area contributed by atoms with E-state index in [2.05, 4.69) is 15.9 Å². The van der Waals surface area contributed by atoms with Gasteiger partial charge in [0.2, 0.25) is 0 Å². The molecule has 0 unspecified atom stereocenters. The van der Waals surface area contributed by atoms with Crippen LogP contribution in [0.1, 0.15) is 17.3 Å². The highest BCUT2D eigenvalue weighted by atomic mass is 79.9. The Hall–Kier alpha value is -1.29. The Balaban J connectivity index is 2.62. The van der Waals surface area contributed by atoms with Crippen molar-refractivity contribution >= 4 is 32.7 Å². The fourth-order valence-corrected chi connectivity index (χ4v) is 2.25. The molecule has 0 atom stereocenters. The minimum atomic E-state index is 0.0659. The van der Waals surface area contributed by atoms with Crippen LogP contribution in [0.25, 0.3) is 10.9 Å². The molecule has 0 fully saturated rings. The normalized spacial score (nSPS) is 10.8. The van der Waals surface area contributed by atoms with E-state index in [1.54, 1.807) is 4.90 Å². The quantitative estimate of drug-likeness (QED) is 0.836. The van der Waals surface area contributed by atoms with Crippen molar-refractivity contribution in [1.29, 1.82) is 0 Å². The molecule has 0 aliphatic heterocycles. The Morgan fingerprint density at radius 2 is 2.18 bits per heavy atom. The minimum Gasteiger partial charge on any atom is -0.350 e. The fourth-order valence-electron chi connectivity index (χ4n) is 1.88. The molecule has 0 saturated carbocycles. The van der Waals surface area contributed by atoms with Crippen LogP contribution in [0.15, 0.2) is 28.9 Å². The summed E-state index contributed by atoms with van der Waals surface area (Å²) >= 11 is 3.44. The van der Waals surface area contributed by atoms with E-state index >= 15 is 0 Å². The zero-order valence-electron chi connectivity index (χ0n) is 10.2. The zero-order valence-corrected chi connectivity index (χ0v) is 11.8. The molecular weight excluding hydrogens is 280 g/mol. The maximum Gasteiger partial charge on any atom is 0.255 e. The Bertz CT molecular complexity index is 574. The Morgan fingerprint density at radius 3 is 2.82 bits per heavy atom. The van der Waals surface area contributed by atoms with Crippen molar-refractivity contribution in [3.05, 3.63) is 34.4 Å². The Labute approximate surface area is 109 Å². The lowest BCUT2D eigenvalue weighted by atomic mass is 10.1. The highest BCUT2D eigenvalue weighted by Crippen LogP contribution is 2.25. The molecule has 1 amide bonds. The van der Waals surface area contributed by atoms with Crippen molar-refractivity contribution in [3.63, 3.8) is 0 Å². The summed E-state index contributed by atoms with van der Waals surface area (Å²) in [6.07, 6.45) is 1.89. The van der Waals surface area contributed by atoms with Gasteiger partial charge in [0.05, 0.1) is 5.56 Å². The second kappa shape index (κ2) is 4.53. The molecule has 0 saturated heterocycles. The first-order valence-electron chi connectivity index (χ1n) is 5.54. The highest BCUT2D eigenvalue weighted by molar-refractivity contribution is 9.10. The summed E-state index contributed by atoms with van der Waals surface area (Å²) in [5.74, 6) is 0.0659.